The van der Waals surface area contributed by atoms with Gasteiger partial charge < -0.3 is 20.5 Å². The van der Waals surface area contributed by atoms with E-state index in [-0.39, 0.29) is 0 Å². The molecule has 7 nitrogen and oxygen atoms in total. The van der Waals surface area contributed by atoms with E-state index in [0.29, 0.717) is 17.3 Å². The molecule has 3 heterocycles. The molecule has 1 aliphatic rings. The molecule has 0 aliphatic carbocycles. The summed E-state index contributed by atoms with van der Waals surface area (Å²) < 4.78 is 2.87. The standard InChI is InChI=1S/C22H30BrN7/c23-21-26-18-19(24)27-22(25-12-11-17-9-3-1-4-10-17)28-20(18)30(21)16-8-7-15-29-13-5-2-6-14-29/h1,3-4,9-10H,2,5-8,11-16H2,(H3,24,25,27,28). The Kier molecular flexibility index (Phi) is 7.17. The maximum Gasteiger partial charge on any atom is 0.226 e. The lowest BCUT2D eigenvalue weighted by molar-refractivity contribution is 0.223. The average Bonchev–Trinajstić information content (AvgIpc) is 3.09. The van der Waals surface area contributed by atoms with Gasteiger partial charge in [-0.15, -0.1) is 0 Å². The van der Waals surface area contributed by atoms with Gasteiger partial charge in [-0.1, -0.05) is 36.8 Å². The van der Waals surface area contributed by atoms with Crippen LogP contribution in [0.25, 0.3) is 11.2 Å². The van der Waals surface area contributed by atoms with Gasteiger partial charge >= 0.3 is 0 Å². The second kappa shape index (κ2) is 10.2. The first-order valence-corrected chi connectivity index (χ1v) is 11.7. The van der Waals surface area contributed by atoms with Gasteiger partial charge in [0.05, 0.1) is 0 Å². The van der Waals surface area contributed by atoms with Crippen LogP contribution in [-0.4, -0.2) is 50.6 Å². The molecule has 3 aromatic rings. The third kappa shape index (κ3) is 5.29. The molecule has 0 amide bonds. The minimum Gasteiger partial charge on any atom is -0.382 e. The van der Waals surface area contributed by atoms with Crippen molar-refractivity contribution in [3.63, 3.8) is 0 Å². The van der Waals surface area contributed by atoms with Crippen LogP contribution in [0, 0.1) is 0 Å². The van der Waals surface area contributed by atoms with E-state index in [1.165, 1.54) is 50.9 Å². The van der Waals surface area contributed by atoms with Crippen LogP contribution >= 0.6 is 15.9 Å². The Morgan fingerprint density at radius 3 is 2.53 bits per heavy atom. The maximum atomic E-state index is 6.18. The van der Waals surface area contributed by atoms with Crippen molar-refractivity contribution in [2.45, 2.75) is 45.1 Å². The highest BCUT2D eigenvalue weighted by atomic mass is 79.9. The number of unbranched alkanes of at least 4 members (excludes halogenated alkanes) is 1. The summed E-state index contributed by atoms with van der Waals surface area (Å²) in [5.41, 5.74) is 8.90. The van der Waals surface area contributed by atoms with E-state index in [4.69, 9.17) is 10.7 Å². The molecule has 4 rings (SSSR count). The normalized spacial score (nSPS) is 15.0. The molecule has 160 valence electrons. The molecule has 1 aromatic carbocycles. The Bertz CT molecular complexity index is 951. The first kappa shape index (κ1) is 21.1. The van der Waals surface area contributed by atoms with Gasteiger partial charge in [0.1, 0.15) is 0 Å². The molecule has 1 saturated heterocycles. The Morgan fingerprint density at radius 2 is 1.73 bits per heavy atom. The third-order valence-corrected chi connectivity index (χ3v) is 6.27. The Labute approximate surface area is 186 Å². The van der Waals surface area contributed by atoms with Gasteiger partial charge in [-0.25, -0.2) is 4.98 Å². The van der Waals surface area contributed by atoms with Crippen molar-refractivity contribution >= 4 is 38.9 Å². The minimum atomic E-state index is 0.412. The molecular formula is C22H30BrN7. The second-order valence-electron chi connectivity index (χ2n) is 7.91. The fraction of sp³-hybridized carbons (Fsp3) is 0.500. The zero-order chi connectivity index (χ0) is 20.8. The van der Waals surface area contributed by atoms with Crippen LogP contribution in [0.1, 0.15) is 37.7 Å². The van der Waals surface area contributed by atoms with Crippen molar-refractivity contribution in [3.8, 4) is 0 Å². The number of rotatable bonds is 9. The number of aromatic nitrogens is 4. The fourth-order valence-corrected chi connectivity index (χ4v) is 4.55. The Hall–Kier alpha value is -2.19. The second-order valence-corrected chi connectivity index (χ2v) is 8.62. The van der Waals surface area contributed by atoms with Gasteiger partial charge in [0.25, 0.3) is 0 Å². The number of nitrogens with two attached hydrogens (primary N) is 1. The van der Waals surface area contributed by atoms with Gasteiger partial charge in [-0.05, 0) is 73.2 Å². The van der Waals surface area contributed by atoms with Crippen LogP contribution in [-0.2, 0) is 13.0 Å². The number of piperidine rings is 1. The predicted molar refractivity (Wildman–Crippen MR) is 126 cm³/mol. The summed E-state index contributed by atoms with van der Waals surface area (Å²) in [5, 5.41) is 3.31. The predicted octanol–water partition coefficient (Wildman–Crippen LogP) is 4.09. The maximum absolute atomic E-state index is 6.18. The van der Waals surface area contributed by atoms with Crippen LogP contribution < -0.4 is 11.1 Å². The number of aryl methyl sites for hydroxylation is 1. The van der Waals surface area contributed by atoms with E-state index in [1.54, 1.807) is 0 Å². The number of imidazole rings is 1. The van der Waals surface area contributed by atoms with Crippen molar-refractivity contribution < 1.29 is 0 Å². The Morgan fingerprint density at radius 1 is 0.967 bits per heavy atom. The van der Waals surface area contributed by atoms with E-state index in [1.807, 2.05) is 6.07 Å². The number of halogens is 1. The number of nitrogens with one attached hydrogen (secondary N) is 1. The lowest BCUT2D eigenvalue weighted by Gasteiger charge is -2.26. The number of anilines is 2. The van der Waals surface area contributed by atoms with Crippen molar-refractivity contribution in [2.75, 3.05) is 37.2 Å². The van der Waals surface area contributed by atoms with Gasteiger partial charge in [0, 0.05) is 13.1 Å². The van der Waals surface area contributed by atoms with Crippen molar-refractivity contribution in [1.82, 2.24) is 24.4 Å². The number of fused-ring (bicyclic) bond motifs is 1. The summed E-state index contributed by atoms with van der Waals surface area (Å²) in [7, 11) is 0. The Balaban J connectivity index is 1.38. The summed E-state index contributed by atoms with van der Waals surface area (Å²) in [6.07, 6.45) is 7.23. The molecule has 0 unspecified atom stereocenters. The average molecular weight is 472 g/mol. The fourth-order valence-electron chi connectivity index (χ4n) is 4.02. The molecular weight excluding hydrogens is 442 g/mol. The first-order chi connectivity index (χ1) is 14.7. The molecule has 0 bridgehead atoms. The summed E-state index contributed by atoms with van der Waals surface area (Å²) in [6, 6.07) is 10.4. The highest BCUT2D eigenvalue weighted by Crippen LogP contribution is 2.24. The topological polar surface area (TPSA) is 84.9 Å². The highest BCUT2D eigenvalue weighted by Gasteiger charge is 2.15. The van der Waals surface area contributed by atoms with E-state index in [2.05, 4.69) is 64.9 Å². The largest absolute Gasteiger partial charge is 0.382 e. The number of benzene rings is 1. The van der Waals surface area contributed by atoms with Gasteiger partial charge in [0.15, 0.2) is 21.7 Å². The molecule has 1 fully saturated rings. The minimum absolute atomic E-state index is 0.412. The van der Waals surface area contributed by atoms with E-state index in [0.717, 1.165) is 36.3 Å². The zero-order valence-electron chi connectivity index (χ0n) is 17.4. The van der Waals surface area contributed by atoms with Crippen molar-refractivity contribution in [3.05, 3.63) is 40.6 Å². The third-order valence-electron chi connectivity index (χ3n) is 5.67. The smallest absolute Gasteiger partial charge is 0.226 e. The van der Waals surface area contributed by atoms with Crippen LogP contribution in [0.4, 0.5) is 11.8 Å². The molecule has 0 spiro atoms. The van der Waals surface area contributed by atoms with Gasteiger partial charge in [0.2, 0.25) is 5.95 Å². The number of nitrogens with zero attached hydrogens (tertiary/aromatic N) is 5. The number of nitrogen functional groups attached to an aromatic ring is 1. The molecule has 3 N–H and O–H groups in total. The summed E-state index contributed by atoms with van der Waals surface area (Å²) in [6.45, 7) is 5.29. The molecule has 0 atom stereocenters. The van der Waals surface area contributed by atoms with Crippen molar-refractivity contribution in [1.29, 1.82) is 0 Å². The van der Waals surface area contributed by atoms with Crippen LogP contribution in [0.5, 0.6) is 0 Å². The quantitative estimate of drug-likeness (QED) is 0.361. The van der Waals surface area contributed by atoms with Gasteiger partial charge in [-0.3, -0.25) is 0 Å². The number of hydrogen-bond donors (Lipinski definition) is 2. The molecule has 0 saturated carbocycles. The molecule has 8 heteroatoms. The highest BCUT2D eigenvalue weighted by molar-refractivity contribution is 9.10. The summed E-state index contributed by atoms with van der Waals surface area (Å²) in [4.78, 5) is 16.2. The number of likely N-dealkylation sites (tertiary alicyclic amines) is 1. The van der Waals surface area contributed by atoms with E-state index in [9.17, 15) is 0 Å². The van der Waals surface area contributed by atoms with Crippen LogP contribution in [0.15, 0.2) is 35.1 Å². The lowest BCUT2D eigenvalue weighted by Crippen LogP contribution is -2.30. The molecule has 1 aliphatic heterocycles. The lowest BCUT2D eigenvalue weighted by atomic mass is 10.1. The molecule has 0 radical (unpaired) electrons. The molecule has 2 aromatic heterocycles. The van der Waals surface area contributed by atoms with Crippen molar-refractivity contribution in [2.24, 2.45) is 0 Å². The first-order valence-electron chi connectivity index (χ1n) is 10.9. The van der Waals surface area contributed by atoms with E-state index >= 15 is 0 Å². The SMILES string of the molecule is Nc1nc(NCCc2ccccc2)nc2c1nc(Br)n2CCCCN1CCCCC1. The van der Waals surface area contributed by atoms with Crippen LogP contribution in [0.2, 0.25) is 0 Å². The summed E-state index contributed by atoms with van der Waals surface area (Å²) >= 11 is 3.58. The molecule has 30 heavy (non-hydrogen) atoms. The van der Waals surface area contributed by atoms with Gasteiger partial charge in [-0.2, -0.15) is 9.97 Å². The zero-order valence-corrected chi connectivity index (χ0v) is 18.9. The van der Waals surface area contributed by atoms with E-state index < -0.39 is 0 Å². The van der Waals surface area contributed by atoms with Crippen LogP contribution in [0.3, 0.4) is 0 Å². The summed E-state index contributed by atoms with van der Waals surface area (Å²) in [5.74, 6) is 0.966. The monoisotopic (exact) mass is 471 g/mol. The number of hydrogen-bond acceptors (Lipinski definition) is 6.